The average Bonchev–Trinajstić information content (AvgIpc) is 3.92. The Bertz CT molecular complexity index is 3480. The molecule has 0 bridgehead atoms. The van der Waals surface area contributed by atoms with Gasteiger partial charge in [-0.3, -0.25) is 4.57 Å². The molecule has 278 valence electrons. The van der Waals surface area contributed by atoms with Crippen molar-refractivity contribution in [2.24, 2.45) is 0 Å². The van der Waals surface area contributed by atoms with E-state index in [0.717, 1.165) is 33.3 Å². The lowest BCUT2D eigenvalue weighted by Gasteiger charge is -2.23. The molecule has 0 atom stereocenters. The van der Waals surface area contributed by atoms with E-state index >= 15 is 0 Å². The van der Waals surface area contributed by atoms with Crippen LogP contribution in [0.4, 0.5) is 0 Å². The summed E-state index contributed by atoms with van der Waals surface area (Å²) in [6, 6.07) is 65.2. The minimum atomic E-state index is -0.248. The van der Waals surface area contributed by atoms with Crippen molar-refractivity contribution in [1.82, 2.24) is 19.5 Å². The molecule has 59 heavy (non-hydrogen) atoms. The molecule has 0 fully saturated rings. The van der Waals surface area contributed by atoms with Crippen LogP contribution in [0.1, 0.15) is 25.0 Å². The molecule has 11 aromatic rings. The Morgan fingerprint density at radius 3 is 1.90 bits per heavy atom. The van der Waals surface area contributed by atoms with Crippen molar-refractivity contribution in [2.75, 3.05) is 0 Å². The van der Waals surface area contributed by atoms with Gasteiger partial charge in [-0.05, 0) is 74.8 Å². The molecule has 0 N–H and O–H groups in total. The van der Waals surface area contributed by atoms with Gasteiger partial charge in [-0.25, -0.2) is 4.98 Å². The van der Waals surface area contributed by atoms with Crippen molar-refractivity contribution < 1.29 is 0 Å². The Labute approximate surface area is 345 Å². The highest BCUT2D eigenvalue weighted by molar-refractivity contribution is 7.26. The zero-order chi connectivity index (χ0) is 39.2. The van der Waals surface area contributed by atoms with E-state index in [0.29, 0.717) is 17.6 Å². The summed E-state index contributed by atoms with van der Waals surface area (Å²) in [5.74, 6) is 1.89. The van der Waals surface area contributed by atoms with Crippen LogP contribution in [-0.4, -0.2) is 19.5 Å². The van der Waals surface area contributed by atoms with Gasteiger partial charge in [-0.15, -0.1) is 11.3 Å². The Balaban J connectivity index is 1.13. The fraction of sp³-hybridized carbons (Fsp3) is 0.0556. The van der Waals surface area contributed by atoms with Crippen LogP contribution < -0.4 is 0 Å². The molecule has 0 aliphatic heterocycles. The van der Waals surface area contributed by atoms with E-state index in [4.69, 9.17) is 15.0 Å². The van der Waals surface area contributed by atoms with Crippen molar-refractivity contribution in [3.05, 3.63) is 193 Å². The number of para-hydroxylation sites is 1. The molecule has 0 unspecified atom stereocenters. The maximum atomic E-state index is 5.49. The predicted octanol–water partition coefficient (Wildman–Crippen LogP) is 14.3. The average molecular weight is 773 g/mol. The van der Waals surface area contributed by atoms with Crippen LogP contribution >= 0.6 is 11.3 Å². The number of benzene rings is 8. The molecule has 0 radical (unpaired) electrons. The lowest BCUT2D eigenvalue weighted by molar-refractivity contribution is 0.663. The Hall–Kier alpha value is -7.21. The molecule has 0 amide bonds. The van der Waals surface area contributed by atoms with Gasteiger partial charge in [0.25, 0.3) is 0 Å². The molecular weight excluding hydrogens is 737 g/mol. The van der Waals surface area contributed by atoms with Crippen LogP contribution in [0.15, 0.2) is 182 Å². The molecule has 3 heterocycles. The minimum Gasteiger partial charge on any atom is -0.277 e. The largest absolute Gasteiger partial charge is 0.277 e. The highest BCUT2D eigenvalue weighted by atomic mass is 32.1. The number of hydrogen-bond acceptors (Lipinski definition) is 4. The monoisotopic (exact) mass is 772 g/mol. The van der Waals surface area contributed by atoms with Crippen molar-refractivity contribution >= 4 is 53.3 Å². The van der Waals surface area contributed by atoms with E-state index in [9.17, 15) is 0 Å². The van der Waals surface area contributed by atoms with E-state index in [1.54, 1.807) is 11.3 Å². The zero-order valence-electron chi connectivity index (χ0n) is 32.5. The second kappa shape index (κ2) is 12.9. The third-order valence-electron chi connectivity index (χ3n) is 12.2. The summed E-state index contributed by atoms with van der Waals surface area (Å²) in [7, 11) is 0. The molecule has 0 spiro atoms. The third-order valence-corrected chi connectivity index (χ3v) is 13.5. The van der Waals surface area contributed by atoms with Gasteiger partial charge in [0, 0.05) is 47.5 Å². The summed E-state index contributed by atoms with van der Waals surface area (Å²) in [6.07, 6.45) is 0. The van der Waals surface area contributed by atoms with Crippen LogP contribution in [0.3, 0.4) is 0 Å². The molecule has 1 aliphatic carbocycles. The Morgan fingerprint density at radius 1 is 0.441 bits per heavy atom. The first-order valence-electron chi connectivity index (χ1n) is 20.1. The standard InChI is InChI=1S/C54H36N4S/c1-54(2)45-26-9-6-21-38(45)41-29-30-42-39-22-7-10-27-46(39)58(49(42)48(41)54)53-56-51(55-52(57-53)44-25-14-24-43-40-23-8-11-28-47(40)59-50(43)44)37-20-13-19-36(32-37)35-18-12-17-34(31-35)33-15-4-3-5-16-33/h3-32H,1-2H3. The van der Waals surface area contributed by atoms with Gasteiger partial charge in [0.1, 0.15) is 0 Å². The normalized spacial score (nSPS) is 13.1. The van der Waals surface area contributed by atoms with Gasteiger partial charge in [0.15, 0.2) is 11.6 Å². The summed E-state index contributed by atoms with van der Waals surface area (Å²) in [6.45, 7) is 4.70. The van der Waals surface area contributed by atoms with Crippen LogP contribution in [0.5, 0.6) is 0 Å². The van der Waals surface area contributed by atoms with Crippen LogP contribution in [0.2, 0.25) is 0 Å². The number of fused-ring (bicyclic) bond motifs is 10. The number of hydrogen-bond donors (Lipinski definition) is 0. The zero-order valence-corrected chi connectivity index (χ0v) is 33.3. The third kappa shape index (κ3) is 5.18. The molecule has 4 nitrogen and oxygen atoms in total. The van der Waals surface area contributed by atoms with Crippen molar-refractivity contribution in [3.8, 4) is 62.1 Å². The minimum absolute atomic E-state index is 0.248. The summed E-state index contributed by atoms with van der Waals surface area (Å²) in [5, 5.41) is 4.82. The first-order valence-corrected chi connectivity index (χ1v) is 20.9. The molecule has 12 rings (SSSR count). The lowest BCUT2D eigenvalue weighted by Crippen LogP contribution is -2.17. The van der Waals surface area contributed by atoms with Crippen LogP contribution in [0, 0.1) is 0 Å². The number of nitrogens with zero attached hydrogens (tertiary/aromatic N) is 4. The molecule has 1 aliphatic rings. The second-order valence-corrected chi connectivity index (χ2v) is 17.1. The predicted molar refractivity (Wildman–Crippen MR) is 246 cm³/mol. The highest BCUT2D eigenvalue weighted by Gasteiger charge is 2.38. The summed E-state index contributed by atoms with van der Waals surface area (Å²) >= 11 is 1.79. The topological polar surface area (TPSA) is 43.6 Å². The van der Waals surface area contributed by atoms with E-state index in [1.165, 1.54) is 64.3 Å². The van der Waals surface area contributed by atoms with Gasteiger partial charge >= 0.3 is 0 Å². The smallest absolute Gasteiger partial charge is 0.238 e. The Morgan fingerprint density at radius 2 is 1.05 bits per heavy atom. The molecule has 0 saturated heterocycles. The van der Waals surface area contributed by atoms with Gasteiger partial charge in [0.2, 0.25) is 5.95 Å². The van der Waals surface area contributed by atoms with E-state index in [-0.39, 0.29) is 5.41 Å². The van der Waals surface area contributed by atoms with Gasteiger partial charge < -0.3 is 0 Å². The van der Waals surface area contributed by atoms with Gasteiger partial charge in [-0.2, -0.15) is 9.97 Å². The van der Waals surface area contributed by atoms with Gasteiger partial charge in [0.05, 0.1) is 11.0 Å². The highest BCUT2D eigenvalue weighted by Crippen LogP contribution is 2.53. The molecule has 8 aromatic carbocycles. The fourth-order valence-corrected chi connectivity index (χ4v) is 10.7. The van der Waals surface area contributed by atoms with Gasteiger partial charge in [-0.1, -0.05) is 166 Å². The number of aromatic nitrogens is 4. The summed E-state index contributed by atoms with van der Waals surface area (Å²) in [5.41, 5.74) is 13.7. The Kier molecular flexibility index (Phi) is 7.41. The van der Waals surface area contributed by atoms with E-state index in [1.807, 2.05) is 0 Å². The quantitative estimate of drug-likeness (QED) is 0.175. The maximum absolute atomic E-state index is 5.49. The van der Waals surface area contributed by atoms with E-state index in [2.05, 4.69) is 200 Å². The molecule has 5 heteroatoms. The van der Waals surface area contributed by atoms with Crippen molar-refractivity contribution in [1.29, 1.82) is 0 Å². The maximum Gasteiger partial charge on any atom is 0.238 e. The summed E-state index contributed by atoms with van der Waals surface area (Å²) in [4.78, 5) is 16.3. The van der Waals surface area contributed by atoms with Crippen LogP contribution in [-0.2, 0) is 5.41 Å². The number of thiophene rings is 1. The first kappa shape index (κ1) is 33.9. The molecule has 0 saturated carbocycles. The second-order valence-electron chi connectivity index (χ2n) is 16.0. The fourth-order valence-electron chi connectivity index (χ4n) is 9.50. The SMILES string of the molecule is CC1(C)c2ccccc2-c2ccc3c4ccccc4n(-c4nc(-c5cccc(-c6cccc(-c7ccccc7)c6)c5)nc(-c5cccc6c5sc5ccccc56)n4)c3c21. The van der Waals surface area contributed by atoms with Crippen molar-refractivity contribution in [2.45, 2.75) is 19.3 Å². The van der Waals surface area contributed by atoms with Crippen LogP contribution in [0.25, 0.3) is 104 Å². The summed E-state index contributed by atoms with van der Waals surface area (Å²) < 4.78 is 4.72. The molecular formula is C54H36N4S. The number of rotatable bonds is 5. The van der Waals surface area contributed by atoms with E-state index < -0.39 is 0 Å². The first-order chi connectivity index (χ1) is 29.0. The lowest BCUT2D eigenvalue weighted by atomic mass is 9.81. The van der Waals surface area contributed by atoms with Crippen molar-refractivity contribution in [3.63, 3.8) is 0 Å². The molecule has 3 aromatic heterocycles.